The number of halogens is 3. The second-order valence-electron chi connectivity index (χ2n) is 12.0. The molecule has 1 aromatic carbocycles. The lowest BCUT2D eigenvalue weighted by molar-refractivity contribution is -0.192. The minimum Gasteiger partial charge on any atom is -0.496 e. The molecule has 0 radical (unpaired) electrons. The Morgan fingerprint density at radius 1 is 1.02 bits per heavy atom. The number of hydrogen-bond acceptors (Lipinski definition) is 6. The Kier molecular flexibility index (Phi) is 12.0. The number of nitrogens with zero attached hydrogens (tertiary/aromatic N) is 3. The summed E-state index contributed by atoms with van der Waals surface area (Å²) in [5, 5.41) is 21.6. The smallest absolute Gasteiger partial charge is 0.490 e. The van der Waals surface area contributed by atoms with Crippen molar-refractivity contribution in [2.24, 2.45) is 0 Å². The first-order valence-corrected chi connectivity index (χ1v) is 15.0. The van der Waals surface area contributed by atoms with Gasteiger partial charge in [0.25, 0.3) is 0 Å². The number of rotatable bonds is 11. The van der Waals surface area contributed by atoms with Crippen LogP contribution in [0.2, 0.25) is 0 Å². The van der Waals surface area contributed by atoms with Crippen LogP contribution in [0.5, 0.6) is 11.6 Å². The molecule has 9 nitrogen and oxygen atoms in total. The number of alkyl halides is 3. The third-order valence-corrected chi connectivity index (χ3v) is 7.59. The van der Waals surface area contributed by atoms with Gasteiger partial charge in [-0.1, -0.05) is 39.0 Å². The second kappa shape index (κ2) is 15.3. The van der Waals surface area contributed by atoms with E-state index < -0.39 is 18.1 Å². The monoisotopic (exact) mass is 633 g/mol. The highest BCUT2D eigenvalue weighted by Crippen LogP contribution is 2.36. The summed E-state index contributed by atoms with van der Waals surface area (Å²) in [4.78, 5) is 25.6. The largest absolute Gasteiger partial charge is 0.496 e. The standard InChI is InChI=1S/C31H41N3O4.C2HF3O2/c1-6-34-29(38-16-15-24-13-11-21-9-7-8-10-27(21)32-24)20-25(33-34)17-22(18-30(35)36)26-19-23(31(2,3)4)12-14-28(26)37-5;3-2(4,5)1(6)7/h11-14,19-20,22H,6-10,15-18H2,1-5H3,(H,35,36);(H,6,7). The zero-order valence-corrected chi connectivity index (χ0v) is 26.4. The summed E-state index contributed by atoms with van der Waals surface area (Å²) in [6.07, 6.45) is 0.783. The van der Waals surface area contributed by atoms with Crippen LogP contribution in [0.15, 0.2) is 36.4 Å². The van der Waals surface area contributed by atoms with Gasteiger partial charge in [-0.2, -0.15) is 18.3 Å². The van der Waals surface area contributed by atoms with E-state index in [1.54, 1.807) is 7.11 Å². The van der Waals surface area contributed by atoms with Crippen molar-refractivity contribution in [2.45, 2.75) is 96.7 Å². The molecule has 1 atom stereocenters. The van der Waals surface area contributed by atoms with Gasteiger partial charge >= 0.3 is 18.1 Å². The van der Waals surface area contributed by atoms with Gasteiger partial charge in [-0.15, -0.1) is 0 Å². The summed E-state index contributed by atoms with van der Waals surface area (Å²) in [6, 6.07) is 12.4. The maximum absolute atomic E-state index is 11.9. The van der Waals surface area contributed by atoms with E-state index in [2.05, 4.69) is 45.0 Å². The molecule has 0 saturated carbocycles. The fourth-order valence-corrected chi connectivity index (χ4v) is 5.19. The Hall–Kier alpha value is -4.09. The van der Waals surface area contributed by atoms with Crippen LogP contribution in [-0.4, -0.2) is 56.8 Å². The molecule has 1 unspecified atom stereocenters. The van der Waals surface area contributed by atoms with E-state index >= 15 is 0 Å². The highest BCUT2D eigenvalue weighted by Gasteiger charge is 2.38. The summed E-state index contributed by atoms with van der Waals surface area (Å²) in [6.45, 7) is 9.65. The number of pyridine rings is 1. The summed E-state index contributed by atoms with van der Waals surface area (Å²) in [5.74, 6) is -2.48. The van der Waals surface area contributed by atoms with Crippen molar-refractivity contribution >= 4 is 11.9 Å². The number of carbonyl (C=O) groups is 2. The number of aromatic nitrogens is 3. The molecule has 1 aliphatic carbocycles. The van der Waals surface area contributed by atoms with E-state index in [-0.39, 0.29) is 17.8 Å². The number of carboxylic acid groups (broad SMARTS) is 2. The molecule has 2 aromatic heterocycles. The van der Waals surface area contributed by atoms with Crippen molar-refractivity contribution in [2.75, 3.05) is 13.7 Å². The van der Waals surface area contributed by atoms with Crippen molar-refractivity contribution in [3.63, 3.8) is 0 Å². The van der Waals surface area contributed by atoms with Crippen LogP contribution in [0.1, 0.15) is 86.6 Å². The van der Waals surface area contributed by atoms with Gasteiger partial charge in [0.1, 0.15) is 5.75 Å². The maximum atomic E-state index is 11.9. The summed E-state index contributed by atoms with van der Waals surface area (Å²) < 4.78 is 45.4. The fraction of sp³-hybridized carbons (Fsp3) is 0.515. The Balaban J connectivity index is 0.000000707. The summed E-state index contributed by atoms with van der Waals surface area (Å²) >= 11 is 0. The number of aryl methyl sites for hydroxylation is 3. The minimum atomic E-state index is -5.08. The topological polar surface area (TPSA) is 124 Å². The molecule has 45 heavy (non-hydrogen) atoms. The molecule has 12 heteroatoms. The summed E-state index contributed by atoms with van der Waals surface area (Å²) in [5.41, 5.74) is 6.47. The predicted molar refractivity (Wildman–Crippen MR) is 162 cm³/mol. The van der Waals surface area contributed by atoms with Crippen LogP contribution in [-0.2, 0) is 47.2 Å². The van der Waals surface area contributed by atoms with Crippen molar-refractivity contribution < 1.29 is 42.4 Å². The molecule has 0 saturated heterocycles. The average molecular weight is 634 g/mol. The van der Waals surface area contributed by atoms with E-state index in [0.717, 1.165) is 41.8 Å². The van der Waals surface area contributed by atoms with Crippen LogP contribution in [0.25, 0.3) is 0 Å². The first-order chi connectivity index (χ1) is 21.1. The van der Waals surface area contributed by atoms with E-state index in [0.29, 0.717) is 31.2 Å². The van der Waals surface area contributed by atoms with Gasteiger partial charge in [0.2, 0.25) is 5.88 Å². The quantitative estimate of drug-likeness (QED) is 0.244. The van der Waals surface area contributed by atoms with Gasteiger partial charge in [0, 0.05) is 36.3 Å². The van der Waals surface area contributed by atoms with Crippen LogP contribution < -0.4 is 9.47 Å². The van der Waals surface area contributed by atoms with Gasteiger partial charge in [-0.05, 0) is 73.3 Å². The van der Waals surface area contributed by atoms with E-state index in [1.165, 1.54) is 24.1 Å². The highest BCUT2D eigenvalue weighted by molar-refractivity contribution is 5.73. The van der Waals surface area contributed by atoms with Gasteiger partial charge in [0.15, 0.2) is 0 Å². The third-order valence-electron chi connectivity index (χ3n) is 7.59. The molecular formula is C33H42F3N3O6. The first-order valence-electron chi connectivity index (χ1n) is 15.0. The number of methoxy groups -OCH3 is 1. The van der Waals surface area contributed by atoms with Gasteiger partial charge in [-0.3, -0.25) is 9.78 Å². The van der Waals surface area contributed by atoms with E-state index in [1.807, 2.05) is 23.7 Å². The molecule has 3 aromatic rings. The van der Waals surface area contributed by atoms with E-state index in [4.69, 9.17) is 29.5 Å². The number of benzene rings is 1. The molecule has 2 N–H and O–H groups in total. The lowest BCUT2D eigenvalue weighted by atomic mass is 9.82. The minimum absolute atomic E-state index is 0.0108. The van der Waals surface area contributed by atoms with Crippen molar-refractivity contribution in [3.8, 4) is 11.6 Å². The lowest BCUT2D eigenvalue weighted by Gasteiger charge is -2.24. The zero-order valence-electron chi connectivity index (χ0n) is 26.4. The van der Waals surface area contributed by atoms with Gasteiger partial charge in [0.05, 0.1) is 25.8 Å². The molecule has 4 rings (SSSR count). The Bertz CT molecular complexity index is 1460. The lowest BCUT2D eigenvalue weighted by Crippen LogP contribution is -2.21. The predicted octanol–water partition coefficient (Wildman–Crippen LogP) is 6.54. The average Bonchev–Trinajstić information content (AvgIpc) is 3.36. The van der Waals surface area contributed by atoms with Crippen LogP contribution in [0.3, 0.4) is 0 Å². The molecular weight excluding hydrogens is 591 g/mol. The molecule has 0 aliphatic heterocycles. The summed E-state index contributed by atoms with van der Waals surface area (Å²) in [7, 11) is 1.63. The molecule has 0 fully saturated rings. The molecule has 0 bridgehead atoms. The number of aliphatic carboxylic acids is 2. The normalized spacial score (nSPS) is 13.7. The number of fused-ring (bicyclic) bond motifs is 1. The Morgan fingerprint density at radius 3 is 2.31 bits per heavy atom. The highest BCUT2D eigenvalue weighted by atomic mass is 19.4. The number of ether oxygens (including phenoxy) is 2. The SMILES string of the molecule is CCn1nc(CC(CC(=O)O)c2cc(C(C)(C)C)ccc2OC)cc1OCCc1ccc2c(n1)CCCC2.O=C(O)C(F)(F)F. The van der Waals surface area contributed by atoms with Crippen molar-refractivity contribution in [3.05, 3.63) is 70.2 Å². The maximum Gasteiger partial charge on any atom is 0.490 e. The molecule has 2 heterocycles. The van der Waals surface area contributed by atoms with Gasteiger partial charge < -0.3 is 19.7 Å². The van der Waals surface area contributed by atoms with Crippen LogP contribution in [0, 0.1) is 0 Å². The Morgan fingerprint density at radius 2 is 1.71 bits per heavy atom. The van der Waals surface area contributed by atoms with Crippen LogP contribution >= 0.6 is 0 Å². The second-order valence-corrected chi connectivity index (χ2v) is 12.0. The first kappa shape index (κ1) is 35.4. The van der Waals surface area contributed by atoms with Crippen LogP contribution in [0.4, 0.5) is 13.2 Å². The molecule has 1 aliphatic rings. The number of hydrogen-bond donors (Lipinski definition) is 2. The zero-order chi connectivity index (χ0) is 33.4. The van der Waals surface area contributed by atoms with Crippen molar-refractivity contribution in [1.82, 2.24) is 14.8 Å². The Labute approximate surface area is 261 Å². The third kappa shape index (κ3) is 10.2. The number of carboxylic acids is 2. The van der Waals surface area contributed by atoms with Crippen molar-refractivity contribution in [1.29, 1.82) is 0 Å². The fourth-order valence-electron chi connectivity index (χ4n) is 5.19. The molecule has 0 spiro atoms. The van der Waals surface area contributed by atoms with E-state index in [9.17, 15) is 23.1 Å². The molecule has 0 amide bonds. The molecule has 246 valence electrons. The van der Waals surface area contributed by atoms with Gasteiger partial charge in [-0.25, -0.2) is 9.48 Å².